The number of hydrogen-bond donors (Lipinski definition) is 0. The molecule has 0 saturated heterocycles. The topological polar surface area (TPSA) is 25.2 Å². The molecule has 13 heavy (non-hydrogen) atoms. The molecule has 1 atom stereocenters. The first kappa shape index (κ1) is 10.5. The van der Waals surface area contributed by atoms with Crippen LogP contribution in [0.25, 0.3) is 0 Å². The van der Waals surface area contributed by atoms with Crippen LogP contribution >= 0.6 is 11.5 Å². The molecule has 0 radical (unpaired) electrons. The van der Waals surface area contributed by atoms with Gasteiger partial charge in [-0.05, 0) is 20.0 Å². The minimum absolute atomic E-state index is 0.101. The first-order valence-electron chi connectivity index (χ1n) is 4.61. The lowest BCUT2D eigenvalue weighted by Crippen LogP contribution is -2.33. The molecule has 74 valence electrons. The fourth-order valence-corrected chi connectivity index (χ4v) is 2.23. The summed E-state index contributed by atoms with van der Waals surface area (Å²) in [5, 5.41) is 1.84. The third kappa shape index (κ3) is 2.19. The van der Waals surface area contributed by atoms with E-state index in [1.807, 2.05) is 5.38 Å². The predicted molar refractivity (Wildman–Crippen MR) is 56.2 cm³/mol. The van der Waals surface area contributed by atoms with Gasteiger partial charge in [0.05, 0.1) is 6.17 Å². The van der Waals surface area contributed by atoms with Gasteiger partial charge in [0.2, 0.25) is 0 Å². The van der Waals surface area contributed by atoms with E-state index in [0.29, 0.717) is 0 Å². The highest BCUT2D eigenvalue weighted by Gasteiger charge is 2.13. The van der Waals surface area contributed by atoms with Crippen molar-refractivity contribution < 1.29 is 0 Å². The van der Waals surface area contributed by atoms with Gasteiger partial charge in [0.15, 0.2) is 0 Å². The average molecular weight is 200 g/mol. The molecular weight excluding hydrogens is 184 g/mol. The van der Waals surface area contributed by atoms with Gasteiger partial charge in [0, 0.05) is 11.4 Å². The Morgan fingerprint density at radius 3 is 2.54 bits per heavy atom. The van der Waals surface area contributed by atoms with Crippen LogP contribution < -0.4 is 5.56 Å². The molecular formula is C9H16N2OS. The Morgan fingerprint density at radius 1 is 1.54 bits per heavy atom. The molecule has 0 aliphatic rings. The highest BCUT2D eigenvalue weighted by atomic mass is 32.1. The quantitative estimate of drug-likeness (QED) is 0.740. The van der Waals surface area contributed by atoms with Crippen molar-refractivity contribution in [1.82, 2.24) is 8.86 Å². The number of nitrogens with zero attached hydrogens (tertiary/aromatic N) is 2. The van der Waals surface area contributed by atoms with Gasteiger partial charge in [0.25, 0.3) is 5.56 Å². The first-order chi connectivity index (χ1) is 6.20. The molecule has 0 aliphatic carbocycles. The van der Waals surface area contributed by atoms with E-state index in [4.69, 9.17) is 0 Å². The standard InChI is InChI=1S/C9H16N2OS/c1-4-10(5-2)8(3)11-9(12)6-7-13-11/h6-8H,4-5H2,1-3H3. The zero-order valence-electron chi connectivity index (χ0n) is 8.36. The van der Waals surface area contributed by atoms with Crippen molar-refractivity contribution in [3.05, 3.63) is 21.8 Å². The summed E-state index contributed by atoms with van der Waals surface area (Å²) in [5.41, 5.74) is 0.101. The van der Waals surface area contributed by atoms with Crippen molar-refractivity contribution in [1.29, 1.82) is 0 Å². The Hall–Kier alpha value is -0.610. The Bertz CT molecular complexity index is 301. The van der Waals surface area contributed by atoms with Crippen molar-refractivity contribution in [3.63, 3.8) is 0 Å². The fraction of sp³-hybridized carbons (Fsp3) is 0.667. The Balaban J connectivity index is 2.83. The third-order valence-corrected chi connectivity index (χ3v) is 3.25. The highest BCUT2D eigenvalue weighted by Crippen LogP contribution is 2.11. The predicted octanol–water partition coefficient (Wildman–Crippen LogP) is 1.77. The van der Waals surface area contributed by atoms with Gasteiger partial charge in [-0.3, -0.25) is 9.69 Å². The van der Waals surface area contributed by atoms with E-state index in [-0.39, 0.29) is 11.7 Å². The molecule has 0 spiro atoms. The van der Waals surface area contributed by atoms with E-state index in [1.54, 1.807) is 10.0 Å². The van der Waals surface area contributed by atoms with Crippen LogP contribution in [0.1, 0.15) is 26.9 Å². The molecule has 1 heterocycles. The molecule has 0 N–H and O–H groups in total. The molecule has 1 rings (SSSR count). The normalized spacial score (nSPS) is 13.5. The summed E-state index contributed by atoms with van der Waals surface area (Å²) in [6.07, 6.45) is 0.183. The van der Waals surface area contributed by atoms with Gasteiger partial charge in [-0.15, -0.1) is 0 Å². The zero-order valence-corrected chi connectivity index (χ0v) is 9.17. The SMILES string of the molecule is CCN(CC)C(C)n1sccc1=O. The van der Waals surface area contributed by atoms with Crippen LogP contribution in [0, 0.1) is 0 Å². The van der Waals surface area contributed by atoms with Crippen molar-refractivity contribution in [2.24, 2.45) is 0 Å². The molecule has 0 saturated carbocycles. The van der Waals surface area contributed by atoms with E-state index < -0.39 is 0 Å². The van der Waals surface area contributed by atoms with Gasteiger partial charge in [0.1, 0.15) is 0 Å². The monoisotopic (exact) mass is 200 g/mol. The summed E-state index contributed by atoms with van der Waals surface area (Å²) in [6, 6.07) is 1.62. The van der Waals surface area contributed by atoms with E-state index in [1.165, 1.54) is 11.5 Å². The average Bonchev–Trinajstić information content (AvgIpc) is 2.53. The molecule has 3 nitrogen and oxygen atoms in total. The van der Waals surface area contributed by atoms with Crippen molar-refractivity contribution in [2.45, 2.75) is 26.9 Å². The summed E-state index contributed by atoms with van der Waals surface area (Å²) in [7, 11) is 0. The Kier molecular flexibility index (Phi) is 3.69. The highest BCUT2D eigenvalue weighted by molar-refractivity contribution is 7.04. The molecule has 1 aromatic rings. The summed E-state index contributed by atoms with van der Waals surface area (Å²) >= 11 is 1.48. The summed E-state index contributed by atoms with van der Waals surface area (Å²) < 4.78 is 1.80. The van der Waals surface area contributed by atoms with Crippen LogP contribution in [0.2, 0.25) is 0 Å². The van der Waals surface area contributed by atoms with Gasteiger partial charge in [-0.25, -0.2) is 3.96 Å². The number of hydrogen-bond acceptors (Lipinski definition) is 3. The minimum atomic E-state index is 0.101. The largest absolute Gasteiger partial charge is 0.283 e. The molecule has 0 amide bonds. The maximum absolute atomic E-state index is 11.3. The van der Waals surface area contributed by atoms with Gasteiger partial charge >= 0.3 is 0 Å². The van der Waals surface area contributed by atoms with Crippen LogP contribution in [0.3, 0.4) is 0 Å². The molecule has 0 bridgehead atoms. The molecule has 0 aromatic carbocycles. The van der Waals surface area contributed by atoms with Crippen molar-refractivity contribution in [3.8, 4) is 0 Å². The van der Waals surface area contributed by atoms with Crippen molar-refractivity contribution in [2.75, 3.05) is 13.1 Å². The van der Waals surface area contributed by atoms with Crippen LogP contribution in [-0.4, -0.2) is 21.9 Å². The Labute approximate surface area is 82.8 Å². The summed E-state index contributed by atoms with van der Waals surface area (Å²) in [4.78, 5) is 13.6. The minimum Gasteiger partial charge on any atom is -0.283 e. The second kappa shape index (κ2) is 4.58. The maximum Gasteiger partial charge on any atom is 0.262 e. The lowest BCUT2D eigenvalue weighted by molar-refractivity contribution is 0.179. The number of aromatic nitrogens is 1. The smallest absolute Gasteiger partial charge is 0.262 e. The van der Waals surface area contributed by atoms with Gasteiger partial charge in [-0.1, -0.05) is 25.4 Å². The van der Waals surface area contributed by atoms with Crippen LogP contribution in [-0.2, 0) is 0 Å². The van der Waals surface area contributed by atoms with Crippen LogP contribution in [0.15, 0.2) is 16.2 Å². The van der Waals surface area contributed by atoms with E-state index in [9.17, 15) is 4.79 Å². The lowest BCUT2D eigenvalue weighted by Gasteiger charge is -2.25. The second-order valence-electron chi connectivity index (χ2n) is 2.93. The molecule has 4 heteroatoms. The molecule has 1 unspecified atom stereocenters. The van der Waals surface area contributed by atoms with E-state index in [0.717, 1.165) is 13.1 Å². The maximum atomic E-state index is 11.3. The molecule has 1 aromatic heterocycles. The second-order valence-corrected chi connectivity index (χ2v) is 3.80. The van der Waals surface area contributed by atoms with Crippen LogP contribution in [0.4, 0.5) is 0 Å². The fourth-order valence-electron chi connectivity index (χ4n) is 1.45. The summed E-state index contributed by atoms with van der Waals surface area (Å²) in [6.45, 7) is 8.23. The summed E-state index contributed by atoms with van der Waals surface area (Å²) in [5.74, 6) is 0. The van der Waals surface area contributed by atoms with Crippen LogP contribution in [0.5, 0.6) is 0 Å². The first-order valence-corrected chi connectivity index (χ1v) is 5.44. The van der Waals surface area contributed by atoms with E-state index in [2.05, 4.69) is 25.7 Å². The molecule has 0 aliphatic heterocycles. The lowest BCUT2D eigenvalue weighted by atomic mass is 10.4. The Morgan fingerprint density at radius 2 is 2.15 bits per heavy atom. The third-order valence-electron chi connectivity index (χ3n) is 2.28. The van der Waals surface area contributed by atoms with E-state index >= 15 is 0 Å². The number of rotatable bonds is 4. The van der Waals surface area contributed by atoms with Gasteiger partial charge < -0.3 is 0 Å². The zero-order chi connectivity index (χ0) is 9.84. The van der Waals surface area contributed by atoms with Crippen molar-refractivity contribution >= 4 is 11.5 Å². The van der Waals surface area contributed by atoms with Gasteiger partial charge in [-0.2, -0.15) is 0 Å². The molecule has 0 fully saturated rings.